The van der Waals surface area contributed by atoms with Crippen molar-refractivity contribution < 1.29 is 14.3 Å². The number of pyridine rings is 1. The zero-order chi connectivity index (χ0) is 27.9. The monoisotopic (exact) mass is 569 g/mol. The third kappa shape index (κ3) is 6.46. The van der Waals surface area contributed by atoms with Gasteiger partial charge in [-0.25, -0.2) is 4.98 Å². The summed E-state index contributed by atoms with van der Waals surface area (Å²) in [6.45, 7) is 6.70. The van der Waals surface area contributed by atoms with Crippen molar-refractivity contribution in [2.24, 2.45) is 5.73 Å². The van der Waals surface area contributed by atoms with Crippen LogP contribution in [0.4, 0.5) is 5.69 Å². The van der Waals surface area contributed by atoms with Crippen molar-refractivity contribution in [2.75, 3.05) is 44.2 Å². The summed E-state index contributed by atoms with van der Waals surface area (Å²) in [4.78, 5) is 35.0. The molecular formula is C29H33Cl2N5O3. The molecule has 10 heteroatoms. The summed E-state index contributed by atoms with van der Waals surface area (Å²) >= 11 is 12.3. The van der Waals surface area contributed by atoms with Gasteiger partial charge in [-0.15, -0.1) is 0 Å². The van der Waals surface area contributed by atoms with Crippen molar-refractivity contribution in [3.05, 3.63) is 75.9 Å². The number of aromatic nitrogens is 1. The average Bonchev–Trinajstić information content (AvgIpc) is 2.95. The van der Waals surface area contributed by atoms with Crippen molar-refractivity contribution in [1.82, 2.24) is 15.2 Å². The minimum atomic E-state index is -0.208. The van der Waals surface area contributed by atoms with Gasteiger partial charge in [-0.2, -0.15) is 0 Å². The van der Waals surface area contributed by atoms with E-state index in [2.05, 4.69) is 22.1 Å². The predicted octanol–water partition coefficient (Wildman–Crippen LogP) is 4.88. The molecule has 0 spiro atoms. The number of nitrogens with zero attached hydrogens (tertiary/aromatic N) is 3. The van der Waals surface area contributed by atoms with E-state index in [0.717, 1.165) is 23.2 Å². The molecule has 0 unspecified atom stereocenters. The van der Waals surface area contributed by atoms with Crippen LogP contribution in [0.1, 0.15) is 41.0 Å². The number of carbonyl (C=O) groups excluding carboxylic acids is 2. The van der Waals surface area contributed by atoms with E-state index in [9.17, 15) is 9.59 Å². The molecular weight excluding hydrogens is 537 g/mol. The normalized spacial score (nSPS) is 15.3. The lowest BCUT2D eigenvalue weighted by Crippen LogP contribution is -2.55. The van der Waals surface area contributed by atoms with Gasteiger partial charge in [0.25, 0.3) is 11.8 Å². The average molecular weight is 571 g/mol. The van der Waals surface area contributed by atoms with Crippen LogP contribution in [-0.2, 0) is 0 Å². The van der Waals surface area contributed by atoms with E-state index in [1.54, 1.807) is 24.4 Å². The van der Waals surface area contributed by atoms with Crippen LogP contribution in [0.2, 0.25) is 10.0 Å². The number of hydrogen-bond acceptors (Lipinski definition) is 6. The number of anilines is 1. The zero-order valence-corrected chi connectivity index (χ0v) is 23.6. The molecule has 3 aromatic rings. The number of rotatable bonds is 9. The Morgan fingerprint density at radius 2 is 1.92 bits per heavy atom. The van der Waals surface area contributed by atoms with Crippen molar-refractivity contribution in [3.63, 3.8) is 0 Å². The molecule has 1 saturated heterocycles. The first kappa shape index (κ1) is 28.7. The Kier molecular flexibility index (Phi) is 9.67. The van der Waals surface area contributed by atoms with Gasteiger partial charge in [0.05, 0.1) is 22.8 Å². The minimum Gasteiger partial charge on any atom is -0.478 e. The van der Waals surface area contributed by atoms with Crippen LogP contribution in [0.3, 0.4) is 0 Å². The van der Waals surface area contributed by atoms with Gasteiger partial charge in [0, 0.05) is 61.2 Å². The molecule has 8 nitrogen and oxygen atoms in total. The molecule has 39 heavy (non-hydrogen) atoms. The maximum absolute atomic E-state index is 13.3. The number of halogens is 2. The second-order valence-electron chi connectivity index (χ2n) is 9.20. The van der Waals surface area contributed by atoms with E-state index in [1.165, 1.54) is 0 Å². The molecule has 1 atom stereocenters. The predicted molar refractivity (Wildman–Crippen MR) is 156 cm³/mol. The van der Waals surface area contributed by atoms with Gasteiger partial charge in [0.15, 0.2) is 0 Å². The summed E-state index contributed by atoms with van der Waals surface area (Å²) in [5.41, 5.74) is 9.06. The van der Waals surface area contributed by atoms with Gasteiger partial charge in [-0.1, -0.05) is 36.2 Å². The SMILES string of the molecule is CCOc1ncccc1-c1ccc(N2CCN(C(=O)c3ccc(Cl)cc3Cl)C[C@H]2CC)c(C(=O)NCCN)c1. The summed E-state index contributed by atoms with van der Waals surface area (Å²) < 4.78 is 5.73. The maximum Gasteiger partial charge on any atom is 0.255 e. The van der Waals surface area contributed by atoms with Gasteiger partial charge >= 0.3 is 0 Å². The van der Waals surface area contributed by atoms with Gasteiger partial charge < -0.3 is 25.6 Å². The van der Waals surface area contributed by atoms with E-state index in [1.807, 2.05) is 42.2 Å². The zero-order valence-electron chi connectivity index (χ0n) is 22.1. The fraction of sp³-hybridized carbons (Fsp3) is 0.345. The summed E-state index contributed by atoms with van der Waals surface area (Å²) in [7, 11) is 0. The molecule has 206 valence electrons. The fourth-order valence-corrected chi connectivity index (χ4v) is 5.31. The second-order valence-corrected chi connectivity index (χ2v) is 10.0. The smallest absolute Gasteiger partial charge is 0.255 e. The summed E-state index contributed by atoms with van der Waals surface area (Å²) in [6, 6.07) is 14.5. The maximum atomic E-state index is 13.3. The van der Waals surface area contributed by atoms with E-state index in [-0.39, 0.29) is 17.9 Å². The standard InChI is InChI=1S/C29H33Cl2N5O3/c1-3-21-18-35(29(38)23-9-8-20(30)17-25(23)31)14-15-36(21)26-10-7-19(16-24(26)27(37)33-13-11-32)22-6-5-12-34-28(22)39-4-2/h5-10,12,16-17,21H,3-4,11,13-15,18,32H2,1-2H3,(H,33,37)/t21-/m1/s1. The summed E-state index contributed by atoms with van der Waals surface area (Å²) in [5.74, 6) is 0.173. The van der Waals surface area contributed by atoms with Crippen LogP contribution in [0, 0.1) is 0 Å². The van der Waals surface area contributed by atoms with Crippen LogP contribution >= 0.6 is 23.2 Å². The lowest BCUT2D eigenvalue weighted by molar-refractivity contribution is 0.0720. The Balaban J connectivity index is 1.66. The first-order chi connectivity index (χ1) is 18.9. The number of ether oxygens (including phenoxy) is 1. The molecule has 0 radical (unpaired) electrons. The van der Waals surface area contributed by atoms with Crippen LogP contribution in [-0.4, -0.2) is 67.1 Å². The second kappa shape index (κ2) is 13.2. The Labute approximate surface area is 239 Å². The lowest BCUT2D eigenvalue weighted by atomic mass is 9.99. The highest BCUT2D eigenvalue weighted by Crippen LogP contribution is 2.34. The van der Waals surface area contributed by atoms with Crippen LogP contribution in [0.25, 0.3) is 11.1 Å². The molecule has 0 saturated carbocycles. The Morgan fingerprint density at radius 3 is 2.64 bits per heavy atom. The van der Waals surface area contributed by atoms with Crippen LogP contribution < -0.4 is 20.7 Å². The molecule has 1 aliphatic heterocycles. The topological polar surface area (TPSA) is 101 Å². The number of nitrogens with one attached hydrogen (secondary N) is 1. The Hall–Kier alpha value is -3.33. The molecule has 0 bridgehead atoms. The lowest BCUT2D eigenvalue weighted by Gasteiger charge is -2.43. The largest absolute Gasteiger partial charge is 0.478 e. The fourth-order valence-electron chi connectivity index (χ4n) is 4.82. The molecule has 0 aliphatic carbocycles. The number of benzene rings is 2. The number of nitrogens with two attached hydrogens (primary N) is 1. The molecule has 1 aliphatic rings. The van der Waals surface area contributed by atoms with Gasteiger partial charge in [0.1, 0.15) is 0 Å². The van der Waals surface area contributed by atoms with Crippen LogP contribution in [0.5, 0.6) is 5.88 Å². The molecule has 4 rings (SSSR count). The first-order valence-electron chi connectivity index (χ1n) is 13.1. The third-order valence-corrected chi connectivity index (χ3v) is 7.29. The molecule has 1 fully saturated rings. The molecule has 2 amide bonds. The van der Waals surface area contributed by atoms with E-state index < -0.39 is 0 Å². The van der Waals surface area contributed by atoms with E-state index in [0.29, 0.717) is 66.4 Å². The highest BCUT2D eigenvalue weighted by atomic mass is 35.5. The van der Waals surface area contributed by atoms with E-state index >= 15 is 0 Å². The number of piperazine rings is 1. The van der Waals surface area contributed by atoms with Crippen molar-refractivity contribution in [1.29, 1.82) is 0 Å². The van der Waals surface area contributed by atoms with Gasteiger partial charge in [0.2, 0.25) is 5.88 Å². The van der Waals surface area contributed by atoms with Crippen LogP contribution in [0.15, 0.2) is 54.7 Å². The highest BCUT2D eigenvalue weighted by molar-refractivity contribution is 6.36. The summed E-state index contributed by atoms with van der Waals surface area (Å²) in [6.07, 6.45) is 2.46. The highest BCUT2D eigenvalue weighted by Gasteiger charge is 2.32. The van der Waals surface area contributed by atoms with Gasteiger partial charge in [-0.05, 0) is 61.4 Å². The van der Waals surface area contributed by atoms with Gasteiger partial charge in [-0.3, -0.25) is 9.59 Å². The summed E-state index contributed by atoms with van der Waals surface area (Å²) in [5, 5.41) is 3.73. The minimum absolute atomic E-state index is 0.00179. The molecule has 1 aromatic heterocycles. The van der Waals surface area contributed by atoms with Crippen molar-refractivity contribution in [3.8, 4) is 17.0 Å². The number of carbonyl (C=O) groups is 2. The first-order valence-corrected chi connectivity index (χ1v) is 13.8. The molecule has 2 heterocycles. The Bertz CT molecular complexity index is 1340. The van der Waals surface area contributed by atoms with Crippen molar-refractivity contribution >= 4 is 40.7 Å². The Morgan fingerprint density at radius 1 is 1.10 bits per heavy atom. The van der Waals surface area contributed by atoms with Crippen molar-refractivity contribution in [2.45, 2.75) is 26.3 Å². The number of amides is 2. The van der Waals surface area contributed by atoms with E-state index in [4.69, 9.17) is 33.7 Å². The quantitative estimate of drug-likeness (QED) is 0.380. The third-order valence-electron chi connectivity index (χ3n) is 6.75. The number of hydrogen-bond donors (Lipinski definition) is 2. The molecule has 3 N–H and O–H groups in total. The molecule has 2 aromatic carbocycles.